The number of alkyl halides is 2. The van der Waals surface area contributed by atoms with Crippen LogP contribution in [0.1, 0.15) is 20.8 Å². The maximum atomic E-state index is 12.3. The van der Waals surface area contributed by atoms with Crippen LogP contribution in [-0.4, -0.2) is 43.0 Å². The number of amides is 3. The van der Waals surface area contributed by atoms with Gasteiger partial charge in [-0.05, 0) is 30.3 Å². The molecular formula is C16H16F2N4O5. The highest BCUT2D eigenvalue weighted by molar-refractivity contribution is 5.98. The van der Waals surface area contributed by atoms with Gasteiger partial charge in [0.25, 0.3) is 17.7 Å². The predicted molar refractivity (Wildman–Crippen MR) is 88.4 cm³/mol. The number of ether oxygens (including phenoxy) is 2. The largest absolute Gasteiger partial charge is 0.493 e. The van der Waals surface area contributed by atoms with Crippen LogP contribution in [0.4, 0.5) is 8.78 Å². The number of carbonyl (C=O) groups is 3. The summed E-state index contributed by atoms with van der Waals surface area (Å²) in [7, 11) is 1.23. The second-order valence-corrected chi connectivity index (χ2v) is 5.01. The summed E-state index contributed by atoms with van der Waals surface area (Å²) in [5.74, 6) is -2.17. The number of nitrogens with one attached hydrogen (secondary N) is 4. The third-order valence-corrected chi connectivity index (χ3v) is 3.21. The van der Waals surface area contributed by atoms with Crippen molar-refractivity contribution in [2.24, 2.45) is 0 Å². The molecule has 0 spiro atoms. The van der Waals surface area contributed by atoms with Crippen LogP contribution < -0.4 is 25.6 Å². The summed E-state index contributed by atoms with van der Waals surface area (Å²) in [4.78, 5) is 38.0. The van der Waals surface area contributed by atoms with Crippen LogP contribution in [0.25, 0.3) is 0 Å². The number of benzene rings is 1. The predicted octanol–water partition coefficient (Wildman–Crippen LogP) is 0.816. The number of aromatic amines is 1. The maximum absolute atomic E-state index is 12.3. The number of hydrazine groups is 1. The Kier molecular flexibility index (Phi) is 6.69. The first-order chi connectivity index (χ1) is 12.9. The molecule has 0 saturated carbocycles. The van der Waals surface area contributed by atoms with E-state index in [0.29, 0.717) is 0 Å². The quantitative estimate of drug-likeness (QED) is 0.528. The zero-order valence-corrected chi connectivity index (χ0v) is 14.0. The average Bonchev–Trinajstić information content (AvgIpc) is 3.18. The van der Waals surface area contributed by atoms with E-state index in [0.717, 1.165) is 6.07 Å². The van der Waals surface area contributed by atoms with E-state index in [9.17, 15) is 23.2 Å². The third-order valence-electron chi connectivity index (χ3n) is 3.21. The van der Waals surface area contributed by atoms with Gasteiger partial charge in [-0.3, -0.25) is 25.2 Å². The highest BCUT2D eigenvalue weighted by Gasteiger charge is 2.15. The molecular weight excluding hydrogens is 366 g/mol. The molecule has 0 aliphatic rings. The van der Waals surface area contributed by atoms with Crippen molar-refractivity contribution in [3.8, 4) is 11.5 Å². The van der Waals surface area contributed by atoms with Crippen molar-refractivity contribution >= 4 is 17.7 Å². The second-order valence-electron chi connectivity index (χ2n) is 5.01. The van der Waals surface area contributed by atoms with Gasteiger partial charge in [-0.15, -0.1) is 0 Å². The van der Waals surface area contributed by atoms with E-state index >= 15 is 0 Å². The molecule has 0 aliphatic carbocycles. The zero-order valence-electron chi connectivity index (χ0n) is 14.0. The monoisotopic (exact) mass is 382 g/mol. The third kappa shape index (κ3) is 5.70. The zero-order chi connectivity index (χ0) is 19.8. The number of halogens is 2. The van der Waals surface area contributed by atoms with Gasteiger partial charge in [-0.25, -0.2) is 0 Å². The minimum atomic E-state index is -3.04. The van der Waals surface area contributed by atoms with Gasteiger partial charge in [0.1, 0.15) is 5.69 Å². The lowest BCUT2D eigenvalue weighted by molar-refractivity contribution is -0.120. The molecule has 144 valence electrons. The van der Waals surface area contributed by atoms with E-state index in [2.05, 4.69) is 25.9 Å². The number of hydrogen-bond donors (Lipinski definition) is 4. The van der Waals surface area contributed by atoms with Crippen molar-refractivity contribution in [1.82, 2.24) is 21.2 Å². The summed E-state index contributed by atoms with van der Waals surface area (Å²) in [5, 5.41) is 2.31. The molecule has 1 aromatic carbocycles. The van der Waals surface area contributed by atoms with Crippen LogP contribution in [0, 0.1) is 0 Å². The van der Waals surface area contributed by atoms with Gasteiger partial charge < -0.3 is 19.8 Å². The number of aromatic nitrogens is 1. The van der Waals surface area contributed by atoms with Crippen molar-refractivity contribution in [2.45, 2.75) is 6.61 Å². The smallest absolute Gasteiger partial charge is 0.387 e. The molecule has 0 atom stereocenters. The summed E-state index contributed by atoms with van der Waals surface area (Å²) in [6.07, 6.45) is 1.54. The Balaban J connectivity index is 1.85. The number of hydrogen-bond acceptors (Lipinski definition) is 5. The Morgan fingerprint density at radius 3 is 2.52 bits per heavy atom. The summed E-state index contributed by atoms with van der Waals surface area (Å²) in [5.41, 5.74) is 4.61. The van der Waals surface area contributed by atoms with Gasteiger partial charge in [-0.1, -0.05) is 0 Å². The number of carbonyl (C=O) groups excluding carboxylic acids is 3. The van der Waals surface area contributed by atoms with E-state index in [4.69, 9.17) is 4.74 Å². The summed E-state index contributed by atoms with van der Waals surface area (Å²) < 4.78 is 33.7. The molecule has 0 aliphatic heterocycles. The molecule has 2 aromatic rings. The van der Waals surface area contributed by atoms with Crippen LogP contribution in [0.5, 0.6) is 11.5 Å². The molecule has 2 rings (SSSR count). The summed E-state index contributed by atoms with van der Waals surface area (Å²) in [6, 6.07) is 6.70. The van der Waals surface area contributed by atoms with Crippen molar-refractivity contribution in [2.75, 3.05) is 13.7 Å². The van der Waals surface area contributed by atoms with E-state index in [1.54, 1.807) is 12.3 Å². The molecule has 1 aromatic heterocycles. The first-order valence-corrected chi connectivity index (χ1v) is 7.54. The van der Waals surface area contributed by atoms with Crippen LogP contribution in [0.15, 0.2) is 36.5 Å². The Hall–Kier alpha value is -3.63. The lowest BCUT2D eigenvalue weighted by Gasteiger charge is -2.11. The van der Waals surface area contributed by atoms with Gasteiger partial charge in [0.2, 0.25) is 0 Å². The maximum Gasteiger partial charge on any atom is 0.387 e. The molecule has 0 bridgehead atoms. The van der Waals surface area contributed by atoms with Crippen molar-refractivity contribution in [3.63, 3.8) is 0 Å². The van der Waals surface area contributed by atoms with Gasteiger partial charge in [0.05, 0.1) is 13.7 Å². The molecule has 0 unspecified atom stereocenters. The van der Waals surface area contributed by atoms with Crippen molar-refractivity contribution < 1.29 is 32.6 Å². The Bertz CT molecular complexity index is 811. The van der Waals surface area contributed by atoms with E-state index in [1.165, 1.54) is 25.3 Å². The summed E-state index contributed by atoms with van der Waals surface area (Å²) in [6.45, 7) is -3.47. The lowest BCUT2D eigenvalue weighted by Crippen LogP contribution is -2.46. The second kappa shape index (κ2) is 9.17. The molecule has 3 amide bonds. The lowest BCUT2D eigenvalue weighted by atomic mass is 10.2. The molecule has 9 nitrogen and oxygen atoms in total. The Labute approximate surface area is 152 Å². The number of methoxy groups -OCH3 is 1. The van der Waals surface area contributed by atoms with E-state index in [1.807, 2.05) is 0 Å². The molecule has 11 heteroatoms. The van der Waals surface area contributed by atoms with Crippen LogP contribution >= 0.6 is 0 Å². The normalized spacial score (nSPS) is 10.2. The first-order valence-electron chi connectivity index (χ1n) is 7.54. The van der Waals surface area contributed by atoms with Gasteiger partial charge in [0.15, 0.2) is 11.5 Å². The number of H-pyrrole nitrogens is 1. The van der Waals surface area contributed by atoms with Crippen molar-refractivity contribution in [3.05, 3.63) is 47.8 Å². The topological polar surface area (TPSA) is 122 Å². The summed E-state index contributed by atoms with van der Waals surface area (Å²) >= 11 is 0. The van der Waals surface area contributed by atoms with Crippen molar-refractivity contribution in [1.29, 1.82) is 0 Å². The van der Waals surface area contributed by atoms with Gasteiger partial charge in [0, 0.05) is 11.8 Å². The Morgan fingerprint density at radius 1 is 1.11 bits per heavy atom. The highest BCUT2D eigenvalue weighted by atomic mass is 19.3. The minimum Gasteiger partial charge on any atom is -0.493 e. The molecule has 0 radical (unpaired) electrons. The SMILES string of the molecule is COc1cc(C(=O)NCC(=O)NNC(=O)c2ccc[nH]2)ccc1OC(F)F. The van der Waals surface area contributed by atoms with Crippen LogP contribution in [0.2, 0.25) is 0 Å². The average molecular weight is 382 g/mol. The van der Waals surface area contributed by atoms with Gasteiger partial charge in [-0.2, -0.15) is 8.78 Å². The highest BCUT2D eigenvalue weighted by Crippen LogP contribution is 2.29. The van der Waals surface area contributed by atoms with Gasteiger partial charge >= 0.3 is 6.61 Å². The molecule has 4 N–H and O–H groups in total. The fraction of sp³-hybridized carbons (Fsp3) is 0.188. The standard InChI is InChI=1S/C16H16F2N4O5/c1-26-12-7-9(4-5-11(12)27-16(17)18)14(24)20-8-13(23)21-22-15(25)10-3-2-6-19-10/h2-7,16,19H,8H2,1H3,(H,20,24)(H,21,23)(H,22,25). The van der Waals surface area contributed by atoms with E-state index < -0.39 is 30.9 Å². The fourth-order valence-corrected chi connectivity index (χ4v) is 1.97. The Morgan fingerprint density at radius 2 is 1.89 bits per heavy atom. The molecule has 27 heavy (non-hydrogen) atoms. The minimum absolute atomic E-state index is 0.0642. The number of rotatable bonds is 7. The molecule has 1 heterocycles. The molecule has 0 saturated heterocycles. The van der Waals surface area contributed by atoms with Crippen LogP contribution in [-0.2, 0) is 4.79 Å². The first kappa shape index (κ1) is 19.7. The molecule has 0 fully saturated rings. The van der Waals surface area contributed by atoms with E-state index in [-0.39, 0.29) is 22.8 Å². The fourth-order valence-electron chi connectivity index (χ4n) is 1.97. The van der Waals surface area contributed by atoms with Crippen LogP contribution in [0.3, 0.4) is 0 Å².